The van der Waals surface area contributed by atoms with Crippen molar-refractivity contribution in [1.82, 2.24) is 9.88 Å². The van der Waals surface area contributed by atoms with Gasteiger partial charge in [0.15, 0.2) is 6.61 Å². The quantitative estimate of drug-likeness (QED) is 0.869. The molecule has 116 valence electrons. The lowest BCUT2D eigenvalue weighted by molar-refractivity contribution is -0.125. The van der Waals surface area contributed by atoms with E-state index in [1.54, 1.807) is 17.8 Å². The summed E-state index contributed by atoms with van der Waals surface area (Å²) in [7, 11) is 1.70. The first-order valence-corrected chi connectivity index (χ1v) is 7.63. The minimum absolute atomic E-state index is 0.189. The molecule has 0 bridgehead atoms. The van der Waals surface area contributed by atoms with E-state index in [4.69, 9.17) is 16.3 Å². The van der Waals surface area contributed by atoms with Gasteiger partial charge in [0.25, 0.3) is 5.91 Å². The fourth-order valence-corrected chi connectivity index (χ4v) is 2.96. The summed E-state index contributed by atoms with van der Waals surface area (Å²) in [5.74, 6) is -0.316. The highest BCUT2D eigenvalue weighted by molar-refractivity contribution is 6.30. The van der Waals surface area contributed by atoms with Gasteiger partial charge in [0, 0.05) is 19.3 Å². The third-order valence-corrected chi connectivity index (χ3v) is 4.18. The molecule has 0 unspecified atom stereocenters. The summed E-state index contributed by atoms with van der Waals surface area (Å²) in [4.78, 5) is 23.7. The Balaban J connectivity index is 1.81. The fourth-order valence-electron chi connectivity index (χ4n) is 2.71. The van der Waals surface area contributed by atoms with Gasteiger partial charge in [-0.15, -0.1) is 0 Å². The summed E-state index contributed by atoms with van der Waals surface area (Å²) < 4.78 is 6.61. The number of hydrogen-bond acceptors (Lipinski definition) is 3. The number of aryl methyl sites for hydroxylation is 1. The van der Waals surface area contributed by atoms with E-state index >= 15 is 0 Å². The smallest absolute Gasteiger partial charge is 0.355 e. The molecule has 0 aromatic carbocycles. The number of hydrogen-bond donors (Lipinski definition) is 1. The molecule has 0 spiro atoms. The monoisotopic (exact) mass is 312 g/mol. The Morgan fingerprint density at radius 2 is 2.14 bits per heavy atom. The zero-order valence-electron chi connectivity index (χ0n) is 12.4. The molecule has 2 rings (SSSR count). The average molecular weight is 313 g/mol. The Morgan fingerprint density at radius 1 is 1.43 bits per heavy atom. The van der Waals surface area contributed by atoms with Crippen LogP contribution in [0, 0.1) is 5.92 Å². The Hall–Kier alpha value is -1.49. The average Bonchev–Trinajstić information content (AvgIpc) is 2.78. The first-order chi connectivity index (χ1) is 9.97. The van der Waals surface area contributed by atoms with Gasteiger partial charge in [0.1, 0.15) is 5.69 Å². The van der Waals surface area contributed by atoms with Crippen LogP contribution >= 0.6 is 11.6 Å². The maximum absolute atomic E-state index is 11.9. The molecule has 0 saturated heterocycles. The molecule has 1 aliphatic rings. The van der Waals surface area contributed by atoms with Gasteiger partial charge in [-0.1, -0.05) is 31.4 Å². The van der Waals surface area contributed by atoms with E-state index in [0.29, 0.717) is 16.6 Å². The molecule has 6 heteroatoms. The number of esters is 1. The number of ether oxygens (including phenoxy) is 1. The molecule has 5 nitrogen and oxygen atoms in total. The first kappa shape index (κ1) is 15.9. The maximum Gasteiger partial charge on any atom is 0.355 e. The molecule has 21 heavy (non-hydrogen) atoms. The van der Waals surface area contributed by atoms with Gasteiger partial charge in [-0.3, -0.25) is 4.79 Å². The van der Waals surface area contributed by atoms with Crippen LogP contribution in [0.5, 0.6) is 0 Å². The number of halogens is 1. The van der Waals surface area contributed by atoms with Crippen molar-refractivity contribution < 1.29 is 14.3 Å². The molecule has 1 N–H and O–H groups in total. The molecule has 1 fully saturated rings. The molecule has 1 aromatic heterocycles. The first-order valence-electron chi connectivity index (χ1n) is 7.25. The van der Waals surface area contributed by atoms with Gasteiger partial charge >= 0.3 is 5.97 Å². The van der Waals surface area contributed by atoms with Crippen LogP contribution in [-0.2, 0) is 16.6 Å². The Morgan fingerprint density at radius 3 is 2.76 bits per heavy atom. The second-order valence-electron chi connectivity index (χ2n) is 5.67. The summed E-state index contributed by atoms with van der Waals surface area (Å²) in [6.07, 6.45) is 6.09. The number of amides is 1. The number of nitrogens with one attached hydrogen (secondary N) is 1. The second-order valence-corrected chi connectivity index (χ2v) is 6.10. The zero-order valence-corrected chi connectivity index (χ0v) is 13.2. The van der Waals surface area contributed by atoms with Crippen molar-refractivity contribution >= 4 is 23.5 Å². The zero-order chi connectivity index (χ0) is 15.4. The minimum atomic E-state index is -0.545. The number of rotatable bonds is 4. The van der Waals surface area contributed by atoms with Crippen molar-refractivity contribution in [3.05, 3.63) is 23.0 Å². The van der Waals surface area contributed by atoms with Gasteiger partial charge in [-0.2, -0.15) is 0 Å². The topological polar surface area (TPSA) is 60.3 Å². The Bertz CT molecular complexity index is 527. The second kappa shape index (κ2) is 6.98. The van der Waals surface area contributed by atoms with Crippen molar-refractivity contribution in [3.63, 3.8) is 0 Å². The van der Waals surface area contributed by atoms with E-state index in [-0.39, 0.29) is 18.6 Å². The van der Waals surface area contributed by atoms with Crippen molar-refractivity contribution in [1.29, 1.82) is 0 Å². The Kier molecular flexibility index (Phi) is 5.28. The third kappa shape index (κ3) is 4.24. The highest BCUT2D eigenvalue weighted by Gasteiger charge is 2.23. The van der Waals surface area contributed by atoms with E-state index in [1.807, 2.05) is 0 Å². The van der Waals surface area contributed by atoms with Gasteiger partial charge < -0.3 is 14.6 Å². The minimum Gasteiger partial charge on any atom is -0.451 e. The van der Waals surface area contributed by atoms with E-state index in [1.165, 1.54) is 12.5 Å². The summed E-state index contributed by atoms with van der Waals surface area (Å²) in [5, 5.41) is 3.41. The van der Waals surface area contributed by atoms with Gasteiger partial charge in [0.2, 0.25) is 0 Å². The molecule has 1 aliphatic carbocycles. The largest absolute Gasteiger partial charge is 0.451 e. The Labute approximate surface area is 129 Å². The van der Waals surface area contributed by atoms with E-state index < -0.39 is 5.97 Å². The van der Waals surface area contributed by atoms with Crippen molar-refractivity contribution in [3.8, 4) is 0 Å². The molecule has 1 amide bonds. The van der Waals surface area contributed by atoms with Crippen LogP contribution in [-0.4, -0.2) is 29.1 Å². The van der Waals surface area contributed by atoms with Gasteiger partial charge in [0.05, 0.1) is 5.02 Å². The fraction of sp³-hybridized carbons (Fsp3) is 0.600. The van der Waals surface area contributed by atoms with E-state index in [0.717, 1.165) is 19.3 Å². The molecule has 1 aromatic rings. The van der Waals surface area contributed by atoms with E-state index in [2.05, 4.69) is 12.2 Å². The molecule has 1 heterocycles. The lowest BCUT2D eigenvalue weighted by Gasteiger charge is -2.29. The standard InChI is InChI=1S/C15H21ClN2O3/c1-10-5-3-4-6-12(10)17-14(19)9-21-15(20)13-7-11(16)8-18(13)2/h7-8,10,12H,3-6,9H2,1-2H3,(H,17,19)/t10-,12+/m0/s1. The van der Waals surface area contributed by atoms with Crippen LogP contribution < -0.4 is 5.32 Å². The lowest BCUT2D eigenvalue weighted by atomic mass is 9.86. The van der Waals surface area contributed by atoms with Crippen LogP contribution in [0.2, 0.25) is 5.02 Å². The van der Waals surface area contributed by atoms with Crippen LogP contribution in [0.1, 0.15) is 43.1 Å². The number of nitrogens with zero attached hydrogens (tertiary/aromatic N) is 1. The molecule has 2 atom stereocenters. The molecule has 0 radical (unpaired) electrons. The summed E-state index contributed by atoms with van der Waals surface area (Å²) in [5.41, 5.74) is 0.332. The third-order valence-electron chi connectivity index (χ3n) is 3.97. The van der Waals surface area contributed by atoms with Crippen molar-refractivity contribution in [2.45, 2.75) is 38.6 Å². The lowest BCUT2D eigenvalue weighted by Crippen LogP contribution is -2.42. The number of carbonyl (C=O) groups is 2. The highest BCUT2D eigenvalue weighted by atomic mass is 35.5. The van der Waals surface area contributed by atoms with Crippen LogP contribution in [0.15, 0.2) is 12.3 Å². The number of carbonyl (C=O) groups excluding carboxylic acids is 2. The molecular weight excluding hydrogens is 292 g/mol. The van der Waals surface area contributed by atoms with Crippen molar-refractivity contribution in [2.75, 3.05) is 6.61 Å². The molecule has 1 saturated carbocycles. The predicted octanol–water partition coefficient (Wildman–Crippen LogP) is 2.53. The van der Waals surface area contributed by atoms with Gasteiger partial charge in [-0.05, 0) is 24.8 Å². The van der Waals surface area contributed by atoms with Crippen LogP contribution in [0.25, 0.3) is 0 Å². The van der Waals surface area contributed by atoms with Crippen LogP contribution in [0.4, 0.5) is 0 Å². The molecule has 0 aliphatic heterocycles. The highest BCUT2D eigenvalue weighted by Crippen LogP contribution is 2.23. The summed E-state index contributed by atoms with van der Waals surface area (Å²) >= 11 is 5.81. The maximum atomic E-state index is 11.9. The van der Waals surface area contributed by atoms with Crippen LogP contribution in [0.3, 0.4) is 0 Å². The van der Waals surface area contributed by atoms with Crippen molar-refractivity contribution in [2.24, 2.45) is 13.0 Å². The van der Waals surface area contributed by atoms with E-state index in [9.17, 15) is 9.59 Å². The predicted molar refractivity (Wildman–Crippen MR) is 80.3 cm³/mol. The summed E-state index contributed by atoms with van der Waals surface area (Å²) in [6, 6.07) is 1.71. The normalized spacial score (nSPS) is 21.9. The summed E-state index contributed by atoms with van der Waals surface area (Å²) in [6.45, 7) is 1.88. The SMILES string of the molecule is C[C@H]1CCCC[C@H]1NC(=O)COC(=O)c1cc(Cl)cn1C. The number of aromatic nitrogens is 1. The van der Waals surface area contributed by atoms with Gasteiger partial charge in [-0.25, -0.2) is 4.79 Å². The molecular formula is C15H21ClN2O3.